The summed E-state index contributed by atoms with van der Waals surface area (Å²) in [6, 6.07) is 14.5. The Hall–Kier alpha value is -1.36. The Bertz CT molecular complexity index is 710. The standard InChI is InChI=1S/C19H21FN2S/c1-21-8-10-22(11-9-21)17-12-14-6-7-15(20)13-19(14)23-18-5-3-2-4-16(17)18/h2-7,13,17H,8-12H2,1H3/p+2/t17-/m0/s1. The lowest BCUT2D eigenvalue weighted by atomic mass is 9.96. The molecule has 0 saturated carbocycles. The molecule has 0 bridgehead atoms. The number of nitrogens with one attached hydrogen (secondary N) is 2. The molecule has 2 aromatic carbocycles. The van der Waals surface area contributed by atoms with E-state index in [1.165, 1.54) is 42.2 Å². The number of hydrogen-bond acceptors (Lipinski definition) is 1. The fourth-order valence-corrected chi connectivity index (χ4v) is 4.98. The fourth-order valence-electron chi connectivity index (χ4n) is 3.81. The van der Waals surface area contributed by atoms with Crippen molar-refractivity contribution in [3.05, 3.63) is 59.4 Å². The highest BCUT2D eigenvalue weighted by Gasteiger charge is 2.33. The van der Waals surface area contributed by atoms with Crippen molar-refractivity contribution in [3.63, 3.8) is 0 Å². The van der Waals surface area contributed by atoms with Crippen LogP contribution >= 0.6 is 11.8 Å². The van der Waals surface area contributed by atoms with Gasteiger partial charge in [0.1, 0.15) is 38.0 Å². The molecule has 2 aliphatic heterocycles. The molecule has 0 aliphatic carbocycles. The molecule has 2 heterocycles. The van der Waals surface area contributed by atoms with Crippen molar-refractivity contribution in [1.29, 1.82) is 0 Å². The molecule has 0 aromatic heterocycles. The Morgan fingerprint density at radius 3 is 2.61 bits per heavy atom. The Morgan fingerprint density at radius 1 is 1.00 bits per heavy atom. The molecule has 1 saturated heterocycles. The maximum atomic E-state index is 13.7. The molecule has 120 valence electrons. The van der Waals surface area contributed by atoms with Gasteiger partial charge in [0.2, 0.25) is 0 Å². The predicted octanol–water partition coefficient (Wildman–Crippen LogP) is 0.987. The van der Waals surface area contributed by atoms with Crippen LogP contribution in [0.15, 0.2) is 52.3 Å². The lowest BCUT2D eigenvalue weighted by Crippen LogP contribution is -3.27. The van der Waals surface area contributed by atoms with Gasteiger partial charge in [-0.15, -0.1) is 0 Å². The molecule has 4 heteroatoms. The smallest absolute Gasteiger partial charge is 0.127 e. The Balaban J connectivity index is 1.74. The van der Waals surface area contributed by atoms with Crippen LogP contribution in [0, 0.1) is 5.82 Å². The summed E-state index contributed by atoms with van der Waals surface area (Å²) >= 11 is 1.73. The maximum absolute atomic E-state index is 13.7. The molecule has 0 amide bonds. The second kappa shape index (κ2) is 6.27. The number of rotatable bonds is 1. The third-order valence-electron chi connectivity index (χ3n) is 5.21. The summed E-state index contributed by atoms with van der Waals surface area (Å²) in [5.41, 5.74) is 2.72. The van der Waals surface area contributed by atoms with E-state index in [2.05, 4.69) is 31.3 Å². The average Bonchev–Trinajstić information content (AvgIpc) is 2.72. The summed E-state index contributed by atoms with van der Waals surface area (Å²) in [5, 5.41) is 0. The van der Waals surface area contributed by atoms with Gasteiger partial charge in [-0.1, -0.05) is 36.0 Å². The first-order valence-corrected chi connectivity index (χ1v) is 9.23. The van der Waals surface area contributed by atoms with Crippen molar-refractivity contribution in [2.75, 3.05) is 33.2 Å². The van der Waals surface area contributed by atoms with Crippen LogP contribution in [-0.4, -0.2) is 33.2 Å². The van der Waals surface area contributed by atoms with E-state index in [0.717, 1.165) is 11.3 Å². The minimum Gasteiger partial charge on any atom is -0.328 e. The van der Waals surface area contributed by atoms with E-state index < -0.39 is 0 Å². The third kappa shape index (κ3) is 3.03. The molecule has 1 atom stereocenters. The van der Waals surface area contributed by atoms with Crippen molar-refractivity contribution in [1.82, 2.24) is 0 Å². The molecule has 2 aliphatic rings. The van der Waals surface area contributed by atoms with Gasteiger partial charge in [-0.25, -0.2) is 4.39 Å². The highest BCUT2D eigenvalue weighted by Crippen LogP contribution is 2.40. The van der Waals surface area contributed by atoms with Crippen molar-refractivity contribution >= 4 is 11.8 Å². The van der Waals surface area contributed by atoms with Crippen molar-refractivity contribution in [2.24, 2.45) is 0 Å². The van der Waals surface area contributed by atoms with Crippen molar-refractivity contribution in [2.45, 2.75) is 22.3 Å². The number of fused-ring (bicyclic) bond motifs is 2. The minimum absolute atomic E-state index is 0.136. The molecular formula is C19H23FN2S+2. The molecule has 0 unspecified atom stereocenters. The number of hydrogen-bond donors (Lipinski definition) is 2. The molecule has 2 aromatic rings. The normalized spacial score (nSPS) is 27.0. The van der Waals surface area contributed by atoms with Gasteiger partial charge in [-0.05, 0) is 23.8 Å². The average molecular weight is 330 g/mol. The minimum atomic E-state index is -0.136. The molecular weight excluding hydrogens is 307 g/mol. The van der Waals surface area contributed by atoms with Crippen LogP contribution in [0.3, 0.4) is 0 Å². The van der Waals surface area contributed by atoms with Gasteiger partial charge in [0, 0.05) is 21.8 Å². The number of quaternary nitrogens is 2. The second-order valence-corrected chi connectivity index (χ2v) is 7.85. The number of likely N-dealkylation sites (N-methyl/N-ethyl adjacent to an activating group) is 1. The lowest BCUT2D eigenvalue weighted by Gasteiger charge is -2.33. The zero-order valence-electron chi connectivity index (χ0n) is 13.4. The Kier molecular flexibility index (Phi) is 4.14. The quantitative estimate of drug-likeness (QED) is 0.793. The summed E-state index contributed by atoms with van der Waals surface area (Å²) in [6.07, 6.45) is 1.01. The van der Waals surface area contributed by atoms with Gasteiger partial charge in [0.15, 0.2) is 0 Å². The van der Waals surface area contributed by atoms with E-state index in [-0.39, 0.29) is 5.82 Å². The SMILES string of the molecule is C[NH+]1CC[NH+]([C@H]2Cc3ccc(F)cc3Sc3ccccc32)CC1. The molecule has 2 N–H and O–H groups in total. The third-order valence-corrected chi connectivity index (χ3v) is 6.40. The van der Waals surface area contributed by atoms with E-state index in [1.807, 2.05) is 6.07 Å². The summed E-state index contributed by atoms with van der Waals surface area (Å²) in [5.74, 6) is -0.136. The molecule has 2 nitrogen and oxygen atoms in total. The number of halogens is 1. The van der Waals surface area contributed by atoms with Crippen LogP contribution in [0.1, 0.15) is 17.2 Å². The maximum Gasteiger partial charge on any atom is 0.127 e. The van der Waals surface area contributed by atoms with Crippen molar-refractivity contribution in [3.8, 4) is 0 Å². The van der Waals surface area contributed by atoms with E-state index >= 15 is 0 Å². The van der Waals surface area contributed by atoms with Crippen LogP contribution < -0.4 is 9.80 Å². The highest BCUT2D eigenvalue weighted by atomic mass is 32.2. The largest absolute Gasteiger partial charge is 0.328 e. The molecule has 23 heavy (non-hydrogen) atoms. The second-order valence-electron chi connectivity index (χ2n) is 6.76. The molecule has 1 fully saturated rings. The van der Waals surface area contributed by atoms with E-state index in [4.69, 9.17) is 0 Å². The summed E-state index contributed by atoms with van der Waals surface area (Å²) < 4.78 is 13.7. The molecule has 0 radical (unpaired) electrons. The van der Waals surface area contributed by atoms with Crippen molar-refractivity contribution < 1.29 is 14.2 Å². The van der Waals surface area contributed by atoms with Crippen LogP contribution in [0.5, 0.6) is 0 Å². The van der Waals surface area contributed by atoms with E-state index in [1.54, 1.807) is 33.7 Å². The Labute approximate surface area is 141 Å². The van der Waals surface area contributed by atoms with Crippen LogP contribution in [0.25, 0.3) is 0 Å². The summed E-state index contributed by atoms with van der Waals surface area (Å²) in [7, 11) is 2.28. The van der Waals surface area contributed by atoms with Crippen LogP contribution in [0.4, 0.5) is 4.39 Å². The van der Waals surface area contributed by atoms with Crippen LogP contribution in [0.2, 0.25) is 0 Å². The number of benzene rings is 2. The van der Waals surface area contributed by atoms with Crippen LogP contribution in [-0.2, 0) is 6.42 Å². The van der Waals surface area contributed by atoms with Gasteiger partial charge < -0.3 is 9.80 Å². The molecule has 0 spiro atoms. The van der Waals surface area contributed by atoms with Gasteiger partial charge in [0.25, 0.3) is 0 Å². The first kappa shape index (κ1) is 15.2. The highest BCUT2D eigenvalue weighted by molar-refractivity contribution is 7.99. The van der Waals surface area contributed by atoms with Gasteiger partial charge >= 0.3 is 0 Å². The molecule has 4 rings (SSSR count). The first-order valence-electron chi connectivity index (χ1n) is 8.42. The lowest BCUT2D eigenvalue weighted by molar-refractivity contribution is -1.02. The fraction of sp³-hybridized carbons (Fsp3) is 0.368. The number of piperazine rings is 1. The first-order chi connectivity index (χ1) is 11.2. The van der Waals surface area contributed by atoms with E-state index in [9.17, 15) is 4.39 Å². The zero-order chi connectivity index (χ0) is 15.8. The van der Waals surface area contributed by atoms with Gasteiger partial charge in [0.05, 0.1) is 7.05 Å². The summed E-state index contributed by atoms with van der Waals surface area (Å²) in [6.45, 7) is 4.90. The topological polar surface area (TPSA) is 8.88 Å². The predicted molar refractivity (Wildman–Crippen MR) is 90.7 cm³/mol. The Morgan fingerprint density at radius 2 is 1.78 bits per heavy atom. The van der Waals surface area contributed by atoms with Gasteiger partial charge in [-0.3, -0.25) is 0 Å². The summed E-state index contributed by atoms with van der Waals surface area (Å²) in [4.78, 5) is 5.69. The van der Waals surface area contributed by atoms with E-state index in [0.29, 0.717) is 6.04 Å². The zero-order valence-corrected chi connectivity index (χ0v) is 14.3. The monoisotopic (exact) mass is 330 g/mol. The van der Waals surface area contributed by atoms with Gasteiger partial charge in [-0.2, -0.15) is 0 Å².